The first kappa shape index (κ1) is 38.9. The zero-order valence-electron chi connectivity index (χ0n) is 36.8. The summed E-state index contributed by atoms with van der Waals surface area (Å²) in [6.45, 7) is 0. The third-order valence-electron chi connectivity index (χ3n) is 13.9. The molecular weight excluding hydrogens is 811 g/mol. The molecule has 1 heterocycles. The van der Waals surface area contributed by atoms with Crippen molar-refractivity contribution < 1.29 is 0 Å². The second-order valence-electron chi connectivity index (χ2n) is 17.8. The molecule has 1 aromatic heterocycles. The maximum atomic E-state index is 5.50. The molecule has 0 amide bonds. The van der Waals surface area contributed by atoms with Gasteiger partial charge in [-0.3, -0.25) is 0 Å². The molecule has 0 radical (unpaired) electrons. The number of aromatic nitrogens is 3. The minimum absolute atomic E-state index is 0.497. The van der Waals surface area contributed by atoms with Crippen LogP contribution in [0.3, 0.4) is 0 Å². The van der Waals surface area contributed by atoms with Crippen LogP contribution in [0.5, 0.6) is 0 Å². The van der Waals surface area contributed by atoms with Gasteiger partial charge in [-0.25, -0.2) is 15.0 Å². The number of allylic oxidation sites excluding steroid dienone is 4. The Hall–Kier alpha value is -8.53. The largest absolute Gasteiger partial charge is 0.208 e. The van der Waals surface area contributed by atoms with Crippen molar-refractivity contribution in [2.24, 2.45) is 0 Å². The molecule has 3 aliphatic rings. The molecule has 3 nitrogen and oxygen atoms in total. The summed E-state index contributed by atoms with van der Waals surface area (Å²) in [6, 6.07) is 79.1. The number of fused-ring (bicyclic) bond motifs is 10. The van der Waals surface area contributed by atoms with Crippen LogP contribution in [-0.2, 0) is 5.41 Å². The van der Waals surface area contributed by atoms with Crippen LogP contribution in [0.2, 0.25) is 0 Å². The number of nitrogens with zero attached hydrogens (tertiary/aromatic N) is 3. The van der Waals surface area contributed by atoms with Crippen LogP contribution in [0, 0.1) is 0 Å². The highest BCUT2D eigenvalue weighted by atomic mass is 15.0. The Morgan fingerprint density at radius 2 is 0.672 bits per heavy atom. The minimum Gasteiger partial charge on any atom is -0.208 e. The molecule has 0 N–H and O–H groups in total. The quantitative estimate of drug-likeness (QED) is 0.160. The predicted octanol–water partition coefficient (Wildman–Crippen LogP) is 16.0. The lowest BCUT2D eigenvalue weighted by Crippen LogP contribution is -2.25. The van der Waals surface area contributed by atoms with E-state index >= 15 is 0 Å². The van der Waals surface area contributed by atoms with Crippen LogP contribution in [0.25, 0.3) is 95.4 Å². The average Bonchev–Trinajstić information content (AvgIpc) is 3.88. The number of rotatable bonds is 7. The highest BCUT2D eigenvalue weighted by molar-refractivity contribution is 5.96. The van der Waals surface area contributed by atoms with Gasteiger partial charge in [0.25, 0.3) is 0 Å². The van der Waals surface area contributed by atoms with E-state index in [1.165, 1.54) is 50.1 Å². The Bertz CT molecular complexity index is 3500. The van der Waals surface area contributed by atoms with E-state index in [0.717, 1.165) is 68.5 Å². The van der Waals surface area contributed by atoms with Gasteiger partial charge < -0.3 is 0 Å². The molecular formula is C64H43N3. The van der Waals surface area contributed by atoms with Crippen molar-refractivity contribution in [3.05, 3.63) is 264 Å². The smallest absolute Gasteiger partial charge is 0.164 e. The van der Waals surface area contributed by atoms with Gasteiger partial charge in [0.1, 0.15) is 0 Å². The van der Waals surface area contributed by atoms with Crippen LogP contribution in [0.15, 0.2) is 237 Å². The molecule has 67 heavy (non-hydrogen) atoms. The van der Waals surface area contributed by atoms with Crippen molar-refractivity contribution in [2.45, 2.75) is 18.3 Å². The highest BCUT2D eigenvalue weighted by Crippen LogP contribution is 2.63. The van der Waals surface area contributed by atoms with Crippen LogP contribution < -0.4 is 0 Å². The van der Waals surface area contributed by atoms with Gasteiger partial charge in [-0.2, -0.15) is 0 Å². The summed E-state index contributed by atoms with van der Waals surface area (Å²) in [5.41, 5.74) is 21.6. The van der Waals surface area contributed by atoms with Gasteiger partial charge in [0.05, 0.1) is 5.41 Å². The zero-order valence-corrected chi connectivity index (χ0v) is 36.8. The molecule has 13 rings (SSSR count). The van der Waals surface area contributed by atoms with E-state index in [2.05, 4.69) is 237 Å². The molecule has 10 aromatic rings. The summed E-state index contributed by atoms with van der Waals surface area (Å²) < 4.78 is 0. The first-order valence-electron chi connectivity index (χ1n) is 23.2. The number of hydrogen-bond donors (Lipinski definition) is 0. The summed E-state index contributed by atoms with van der Waals surface area (Å²) in [6.07, 6.45) is 8.92. The molecule has 0 bridgehead atoms. The molecule has 9 aromatic carbocycles. The van der Waals surface area contributed by atoms with Crippen molar-refractivity contribution in [2.75, 3.05) is 0 Å². The van der Waals surface area contributed by atoms with E-state index in [-0.39, 0.29) is 0 Å². The molecule has 0 fully saturated rings. The summed E-state index contributed by atoms with van der Waals surface area (Å²) in [7, 11) is 0. The minimum atomic E-state index is -0.497. The third kappa shape index (κ3) is 6.46. The Morgan fingerprint density at radius 1 is 0.284 bits per heavy atom. The molecule has 3 aliphatic carbocycles. The average molecular weight is 854 g/mol. The van der Waals surface area contributed by atoms with Crippen LogP contribution in [0.1, 0.15) is 40.7 Å². The Labute approximate surface area is 391 Å². The zero-order chi connectivity index (χ0) is 44.3. The molecule has 1 spiro atoms. The second kappa shape index (κ2) is 15.9. The van der Waals surface area contributed by atoms with Crippen molar-refractivity contribution in [3.63, 3.8) is 0 Å². The molecule has 314 valence electrons. The number of benzene rings is 9. The van der Waals surface area contributed by atoms with Gasteiger partial charge in [0.2, 0.25) is 0 Å². The fourth-order valence-corrected chi connectivity index (χ4v) is 10.9. The summed E-state index contributed by atoms with van der Waals surface area (Å²) >= 11 is 0. The standard InChI is InChI=1S/C64H43N3/c1-5-19-42(20-6-1)47-35-48(43-21-7-2-8-22-43)38-51(37-47)62-65-61(66-63(67-62)52-39-49(44-23-9-3-10-24-44)36-50(40-52)45-25-11-4-12-26-45)46-33-34-56-55-29-15-18-32-59(55)64(60(56)41-46)57-30-16-13-27-53(57)54-28-14-17-31-58(54)64/h1-3,5-11,13-41H,4,12H2. The van der Waals surface area contributed by atoms with E-state index in [1.54, 1.807) is 0 Å². The normalized spacial score (nSPS) is 13.7. The van der Waals surface area contributed by atoms with Crippen LogP contribution in [0.4, 0.5) is 0 Å². The van der Waals surface area contributed by atoms with Crippen LogP contribution >= 0.6 is 0 Å². The van der Waals surface area contributed by atoms with E-state index in [1.807, 2.05) is 0 Å². The van der Waals surface area contributed by atoms with E-state index in [4.69, 9.17) is 15.0 Å². The molecule has 3 heteroatoms. The third-order valence-corrected chi connectivity index (χ3v) is 13.9. The molecule has 0 saturated carbocycles. The Kier molecular flexibility index (Phi) is 9.21. The molecule has 0 aliphatic heterocycles. The van der Waals surface area contributed by atoms with Crippen molar-refractivity contribution in [3.8, 4) is 89.8 Å². The lowest BCUT2D eigenvalue weighted by atomic mass is 9.70. The van der Waals surface area contributed by atoms with Crippen LogP contribution in [-0.4, -0.2) is 15.0 Å². The Morgan fingerprint density at radius 3 is 1.13 bits per heavy atom. The topological polar surface area (TPSA) is 38.7 Å². The fourth-order valence-electron chi connectivity index (χ4n) is 10.9. The lowest BCUT2D eigenvalue weighted by Gasteiger charge is -2.30. The van der Waals surface area contributed by atoms with Crippen molar-refractivity contribution >= 4 is 5.57 Å². The van der Waals surface area contributed by atoms with Crippen molar-refractivity contribution in [1.82, 2.24) is 15.0 Å². The fraction of sp³-hybridized carbons (Fsp3) is 0.0469. The summed E-state index contributed by atoms with van der Waals surface area (Å²) in [5.74, 6) is 1.87. The second-order valence-corrected chi connectivity index (χ2v) is 17.8. The van der Waals surface area contributed by atoms with Gasteiger partial charge in [0.15, 0.2) is 17.5 Å². The first-order valence-corrected chi connectivity index (χ1v) is 23.2. The molecule has 0 unspecified atom stereocenters. The van der Waals surface area contributed by atoms with Gasteiger partial charge in [-0.05, 0) is 144 Å². The SMILES string of the molecule is C1=CC(c2cc(-c3ccccc3)cc(-c3nc(-c4cc(-c5ccccc5)cc(-c5ccccc5)c4)nc(-c4ccc5c(c4)C4(c6ccccc6-c6ccccc64)c4ccccc4-5)n3)c2)=CCC1. The van der Waals surface area contributed by atoms with Gasteiger partial charge in [-0.1, -0.05) is 194 Å². The molecule has 0 atom stereocenters. The van der Waals surface area contributed by atoms with Gasteiger partial charge in [0, 0.05) is 16.7 Å². The van der Waals surface area contributed by atoms with Gasteiger partial charge in [-0.15, -0.1) is 0 Å². The van der Waals surface area contributed by atoms with E-state index in [9.17, 15) is 0 Å². The number of hydrogen-bond acceptors (Lipinski definition) is 3. The molecule has 0 saturated heterocycles. The van der Waals surface area contributed by atoms with E-state index in [0.29, 0.717) is 17.5 Å². The van der Waals surface area contributed by atoms with Gasteiger partial charge >= 0.3 is 0 Å². The summed E-state index contributed by atoms with van der Waals surface area (Å²) in [4.78, 5) is 16.5. The first-order chi connectivity index (χ1) is 33.2. The lowest BCUT2D eigenvalue weighted by molar-refractivity contribution is 0.794. The van der Waals surface area contributed by atoms with E-state index < -0.39 is 5.41 Å². The maximum Gasteiger partial charge on any atom is 0.164 e. The van der Waals surface area contributed by atoms with Crippen molar-refractivity contribution in [1.29, 1.82) is 0 Å². The monoisotopic (exact) mass is 853 g/mol. The summed E-state index contributed by atoms with van der Waals surface area (Å²) in [5, 5.41) is 0. The maximum absolute atomic E-state index is 5.50. The highest BCUT2D eigenvalue weighted by Gasteiger charge is 2.51. The predicted molar refractivity (Wildman–Crippen MR) is 275 cm³/mol. The Balaban J connectivity index is 1.07.